The molecule has 0 N–H and O–H groups in total. The molecule has 5 heteroatoms. The molecule has 1 aliphatic carbocycles. The number of hydrogen-bond acceptors (Lipinski definition) is 2. The van der Waals surface area contributed by atoms with Crippen LogP contribution in [-0.2, 0) is 10.0 Å². The number of hydrogen-bond donors (Lipinski definition) is 0. The van der Waals surface area contributed by atoms with Gasteiger partial charge in [0.1, 0.15) is 11.4 Å². The van der Waals surface area contributed by atoms with E-state index < -0.39 is 21.4 Å². The highest BCUT2D eigenvalue weighted by Crippen LogP contribution is 2.34. The molecule has 0 aromatic carbocycles. The number of likely N-dealkylation sites (N-methyl/N-ethyl adjacent to an activating group) is 1. The van der Waals surface area contributed by atoms with Crippen LogP contribution in [0.15, 0.2) is 12.7 Å². The minimum atomic E-state index is -3.39. The first-order valence-electron chi connectivity index (χ1n) is 3.70. The van der Waals surface area contributed by atoms with E-state index in [1.165, 1.54) is 13.1 Å². The van der Waals surface area contributed by atoms with Crippen molar-refractivity contribution in [2.45, 2.75) is 17.8 Å². The first kappa shape index (κ1) is 9.67. The maximum atomic E-state index is 12.4. The second-order valence-electron chi connectivity index (χ2n) is 2.90. The van der Waals surface area contributed by atoms with E-state index >= 15 is 0 Å². The van der Waals surface area contributed by atoms with Gasteiger partial charge in [0.05, 0.1) is 0 Å². The van der Waals surface area contributed by atoms with Crippen LogP contribution < -0.4 is 0 Å². The number of alkyl halides is 1. The van der Waals surface area contributed by atoms with Crippen LogP contribution in [0.2, 0.25) is 0 Å². The van der Waals surface area contributed by atoms with Crippen molar-refractivity contribution in [3.05, 3.63) is 12.7 Å². The van der Waals surface area contributed by atoms with Crippen LogP contribution in [0.1, 0.15) is 6.42 Å². The summed E-state index contributed by atoms with van der Waals surface area (Å²) in [7, 11) is -1.96. The van der Waals surface area contributed by atoms with E-state index in [-0.39, 0.29) is 13.0 Å². The standard InChI is InChI=1S/C7H12FNO2S/c1-3-4-9(2)12(10,11)7-5-6(7)8/h3,6-7H,1,4-5H2,2H3/t6-,7+/m0/s1. The van der Waals surface area contributed by atoms with E-state index in [0.29, 0.717) is 0 Å². The lowest BCUT2D eigenvalue weighted by Crippen LogP contribution is -2.31. The van der Waals surface area contributed by atoms with Gasteiger partial charge in [-0.15, -0.1) is 6.58 Å². The van der Waals surface area contributed by atoms with Crippen molar-refractivity contribution >= 4 is 10.0 Å². The fourth-order valence-electron chi connectivity index (χ4n) is 0.968. The summed E-state index contributed by atoms with van der Waals surface area (Å²) < 4.78 is 36.2. The normalized spacial score (nSPS) is 28.9. The summed E-state index contributed by atoms with van der Waals surface area (Å²) in [4.78, 5) is 0. The van der Waals surface area contributed by atoms with Gasteiger partial charge in [-0.1, -0.05) is 6.08 Å². The SMILES string of the molecule is C=CCN(C)S(=O)(=O)[C@@H]1C[C@@H]1F. The molecule has 0 spiro atoms. The molecular weight excluding hydrogens is 181 g/mol. The maximum absolute atomic E-state index is 12.4. The summed E-state index contributed by atoms with van der Waals surface area (Å²) in [6, 6.07) is 0. The molecular formula is C7H12FNO2S. The van der Waals surface area contributed by atoms with E-state index in [9.17, 15) is 12.8 Å². The fraction of sp³-hybridized carbons (Fsp3) is 0.714. The van der Waals surface area contributed by atoms with Crippen LogP contribution >= 0.6 is 0 Å². The molecule has 1 rings (SSSR count). The summed E-state index contributed by atoms with van der Waals surface area (Å²) in [6.45, 7) is 3.65. The van der Waals surface area contributed by atoms with Crippen molar-refractivity contribution in [1.82, 2.24) is 4.31 Å². The van der Waals surface area contributed by atoms with Gasteiger partial charge in [-0.3, -0.25) is 0 Å². The highest BCUT2D eigenvalue weighted by Gasteiger charge is 2.49. The lowest BCUT2D eigenvalue weighted by Gasteiger charge is -2.13. The third kappa shape index (κ3) is 1.67. The Morgan fingerprint density at radius 3 is 2.58 bits per heavy atom. The van der Waals surface area contributed by atoms with Crippen molar-refractivity contribution < 1.29 is 12.8 Å². The van der Waals surface area contributed by atoms with E-state index in [1.54, 1.807) is 0 Å². The number of rotatable bonds is 4. The van der Waals surface area contributed by atoms with Gasteiger partial charge in [-0.25, -0.2) is 17.1 Å². The molecule has 0 amide bonds. The van der Waals surface area contributed by atoms with Gasteiger partial charge in [0.15, 0.2) is 0 Å². The van der Waals surface area contributed by atoms with Crippen molar-refractivity contribution in [1.29, 1.82) is 0 Å². The maximum Gasteiger partial charge on any atom is 0.220 e. The van der Waals surface area contributed by atoms with Crippen LogP contribution in [0.3, 0.4) is 0 Å². The molecule has 2 atom stereocenters. The Hall–Kier alpha value is -0.420. The van der Waals surface area contributed by atoms with E-state index in [4.69, 9.17) is 0 Å². The molecule has 0 aromatic rings. The predicted molar refractivity (Wildman–Crippen MR) is 45.0 cm³/mol. The van der Waals surface area contributed by atoms with Crippen molar-refractivity contribution in [2.24, 2.45) is 0 Å². The van der Waals surface area contributed by atoms with Gasteiger partial charge in [0.25, 0.3) is 0 Å². The average molecular weight is 193 g/mol. The fourth-order valence-corrected chi connectivity index (χ4v) is 2.54. The summed E-state index contributed by atoms with van der Waals surface area (Å²) in [5, 5.41) is -0.803. The Bertz CT molecular complexity index is 275. The topological polar surface area (TPSA) is 37.4 Å². The van der Waals surface area contributed by atoms with E-state index in [0.717, 1.165) is 4.31 Å². The summed E-state index contributed by atoms with van der Waals surface area (Å²) in [5.41, 5.74) is 0. The lowest BCUT2D eigenvalue weighted by molar-refractivity contribution is 0.461. The molecule has 12 heavy (non-hydrogen) atoms. The third-order valence-corrected chi connectivity index (χ3v) is 4.13. The molecule has 0 radical (unpaired) electrons. The van der Waals surface area contributed by atoms with Gasteiger partial charge in [0, 0.05) is 20.0 Å². The van der Waals surface area contributed by atoms with Crippen LogP contribution in [0.5, 0.6) is 0 Å². The Morgan fingerprint density at radius 2 is 2.25 bits per heavy atom. The van der Waals surface area contributed by atoms with Gasteiger partial charge in [0.2, 0.25) is 10.0 Å². The molecule has 0 aliphatic heterocycles. The van der Waals surface area contributed by atoms with Crippen molar-refractivity contribution in [2.75, 3.05) is 13.6 Å². The summed E-state index contributed by atoms with van der Waals surface area (Å²) in [5.74, 6) is 0. The van der Waals surface area contributed by atoms with Crippen LogP contribution in [0.4, 0.5) is 4.39 Å². The number of nitrogens with zero attached hydrogens (tertiary/aromatic N) is 1. The minimum absolute atomic E-state index is 0.143. The summed E-state index contributed by atoms with van der Waals surface area (Å²) >= 11 is 0. The molecule has 0 bridgehead atoms. The highest BCUT2D eigenvalue weighted by atomic mass is 32.2. The Kier molecular flexibility index (Phi) is 2.53. The molecule has 0 aromatic heterocycles. The smallest absolute Gasteiger partial charge is 0.220 e. The lowest BCUT2D eigenvalue weighted by atomic mass is 10.6. The van der Waals surface area contributed by atoms with E-state index in [1.807, 2.05) is 0 Å². The van der Waals surface area contributed by atoms with Crippen LogP contribution in [-0.4, -0.2) is 37.7 Å². The first-order valence-corrected chi connectivity index (χ1v) is 5.20. The monoisotopic (exact) mass is 193 g/mol. The van der Waals surface area contributed by atoms with Gasteiger partial charge < -0.3 is 0 Å². The molecule has 0 unspecified atom stereocenters. The molecule has 1 fully saturated rings. The molecule has 1 aliphatic rings. The Labute approximate surface area is 71.9 Å². The van der Waals surface area contributed by atoms with Gasteiger partial charge >= 0.3 is 0 Å². The van der Waals surface area contributed by atoms with Gasteiger partial charge in [-0.05, 0) is 0 Å². The van der Waals surface area contributed by atoms with Crippen LogP contribution in [0.25, 0.3) is 0 Å². The predicted octanol–water partition coefficient (Wildman–Crippen LogP) is 0.544. The second-order valence-corrected chi connectivity index (χ2v) is 5.16. The quantitative estimate of drug-likeness (QED) is 0.611. The Balaban J connectivity index is 2.65. The minimum Gasteiger partial charge on any atom is -0.246 e. The zero-order valence-electron chi connectivity index (χ0n) is 6.90. The average Bonchev–Trinajstić information content (AvgIpc) is 2.68. The zero-order valence-corrected chi connectivity index (χ0v) is 7.72. The second kappa shape index (κ2) is 3.14. The molecule has 0 saturated heterocycles. The largest absolute Gasteiger partial charge is 0.246 e. The highest BCUT2D eigenvalue weighted by molar-refractivity contribution is 7.90. The third-order valence-electron chi connectivity index (χ3n) is 1.86. The van der Waals surface area contributed by atoms with Crippen molar-refractivity contribution in [3.8, 4) is 0 Å². The van der Waals surface area contributed by atoms with E-state index in [2.05, 4.69) is 6.58 Å². The first-order chi connectivity index (χ1) is 5.50. The molecule has 1 saturated carbocycles. The number of sulfonamides is 1. The molecule has 70 valence electrons. The molecule has 0 heterocycles. The summed E-state index contributed by atoms with van der Waals surface area (Å²) in [6.07, 6.45) is 0.457. The zero-order chi connectivity index (χ0) is 9.35. The van der Waals surface area contributed by atoms with Crippen molar-refractivity contribution in [3.63, 3.8) is 0 Å². The number of halogens is 1. The Morgan fingerprint density at radius 1 is 1.75 bits per heavy atom. The van der Waals surface area contributed by atoms with Gasteiger partial charge in [-0.2, -0.15) is 0 Å². The molecule has 3 nitrogen and oxygen atoms in total. The van der Waals surface area contributed by atoms with Crippen LogP contribution in [0, 0.1) is 0 Å².